The largest absolute Gasteiger partial charge is 0.334 e. The van der Waals surface area contributed by atoms with E-state index >= 15 is 0 Å². The van der Waals surface area contributed by atoms with Crippen LogP contribution in [-0.4, -0.2) is 32.8 Å². The van der Waals surface area contributed by atoms with E-state index in [0.29, 0.717) is 6.42 Å². The predicted molar refractivity (Wildman–Crippen MR) is 116 cm³/mol. The average Bonchev–Trinajstić information content (AvgIpc) is 3.12. The number of carbonyl (C=O) groups is 2. The molecular formula is C24H26N4O2. The van der Waals surface area contributed by atoms with Gasteiger partial charge in [0.2, 0.25) is 5.91 Å². The van der Waals surface area contributed by atoms with Crippen LogP contribution >= 0.6 is 0 Å². The van der Waals surface area contributed by atoms with Crippen molar-refractivity contribution in [2.45, 2.75) is 46.1 Å². The highest BCUT2D eigenvalue weighted by atomic mass is 16.2. The van der Waals surface area contributed by atoms with Gasteiger partial charge in [-0.3, -0.25) is 24.5 Å². The molecule has 0 aromatic carbocycles. The van der Waals surface area contributed by atoms with E-state index in [2.05, 4.69) is 20.7 Å². The Labute approximate surface area is 176 Å². The molecule has 6 nitrogen and oxygen atoms in total. The lowest BCUT2D eigenvalue weighted by atomic mass is 10.1. The number of fused-ring (bicyclic) bond motifs is 1. The van der Waals surface area contributed by atoms with Crippen molar-refractivity contribution in [2.24, 2.45) is 0 Å². The van der Waals surface area contributed by atoms with Gasteiger partial charge in [-0.05, 0) is 55.2 Å². The Morgan fingerprint density at radius 2 is 1.87 bits per heavy atom. The summed E-state index contributed by atoms with van der Waals surface area (Å²) in [6.45, 7) is 5.68. The highest BCUT2D eigenvalue weighted by molar-refractivity contribution is 5.95. The summed E-state index contributed by atoms with van der Waals surface area (Å²) in [4.78, 5) is 35.6. The molecule has 154 valence electrons. The molecule has 1 amide bonds. The highest BCUT2D eigenvalue weighted by Gasteiger charge is 2.23. The predicted octanol–water partition coefficient (Wildman–Crippen LogP) is 3.89. The standard InChI is InChI=1S/C24H26N4O2/c1-17-10-20(15-25-13-17)22-6-4-19(14-26-22)12-21(29)5-7-24(30)28-9-3-8-27-16-18(2)11-23(27)28/h4,6,10-11,13-16H,3,5,7-9,12H2,1-2H3. The van der Waals surface area contributed by atoms with Gasteiger partial charge < -0.3 is 4.57 Å². The SMILES string of the molecule is Cc1cncc(-c2ccc(CC(=O)CCC(=O)N3CCCn4cc(C)cc43)cn2)c1. The lowest BCUT2D eigenvalue weighted by molar-refractivity contribution is -0.123. The summed E-state index contributed by atoms with van der Waals surface area (Å²) >= 11 is 0. The van der Waals surface area contributed by atoms with Crippen LogP contribution in [0.2, 0.25) is 0 Å². The summed E-state index contributed by atoms with van der Waals surface area (Å²) in [5, 5.41) is 0. The number of hydrogen-bond acceptors (Lipinski definition) is 4. The second kappa shape index (κ2) is 8.61. The van der Waals surface area contributed by atoms with Gasteiger partial charge in [0, 0.05) is 62.7 Å². The van der Waals surface area contributed by atoms with Crippen LogP contribution in [-0.2, 0) is 22.6 Å². The topological polar surface area (TPSA) is 68.1 Å². The summed E-state index contributed by atoms with van der Waals surface area (Å²) in [7, 11) is 0. The molecule has 0 aliphatic carbocycles. The molecule has 1 aliphatic heterocycles. The van der Waals surface area contributed by atoms with E-state index in [1.54, 1.807) is 18.6 Å². The first kappa shape index (κ1) is 20.0. The van der Waals surface area contributed by atoms with Gasteiger partial charge in [-0.2, -0.15) is 0 Å². The number of aromatic nitrogens is 3. The molecule has 0 bridgehead atoms. The molecule has 0 saturated carbocycles. The summed E-state index contributed by atoms with van der Waals surface area (Å²) in [5.74, 6) is 1.02. The Balaban J connectivity index is 1.32. The van der Waals surface area contributed by atoms with E-state index in [9.17, 15) is 9.59 Å². The first-order valence-corrected chi connectivity index (χ1v) is 10.4. The van der Waals surface area contributed by atoms with Gasteiger partial charge in [-0.15, -0.1) is 0 Å². The normalized spacial score (nSPS) is 13.2. The molecule has 0 fully saturated rings. The van der Waals surface area contributed by atoms with Crippen LogP contribution in [0, 0.1) is 13.8 Å². The second-order valence-electron chi connectivity index (χ2n) is 7.99. The van der Waals surface area contributed by atoms with Crippen molar-refractivity contribution in [3.63, 3.8) is 0 Å². The molecule has 0 spiro atoms. The molecule has 4 rings (SSSR count). The molecule has 30 heavy (non-hydrogen) atoms. The van der Waals surface area contributed by atoms with Crippen molar-refractivity contribution in [3.8, 4) is 11.3 Å². The number of carbonyl (C=O) groups excluding carboxylic acids is 2. The number of rotatable bonds is 6. The maximum Gasteiger partial charge on any atom is 0.228 e. The van der Waals surface area contributed by atoms with Crippen LogP contribution in [0.3, 0.4) is 0 Å². The van der Waals surface area contributed by atoms with Crippen molar-refractivity contribution >= 4 is 17.5 Å². The van der Waals surface area contributed by atoms with Gasteiger partial charge in [-0.1, -0.05) is 6.07 Å². The molecule has 3 aromatic rings. The number of aryl methyl sites for hydroxylation is 3. The first-order valence-electron chi connectivity index (χ1n) is 10.4. The number of Topliss-reactive ketones (excluding diaryl/α,β-unsaturated/α-hetero) is 1. The lowest BCUT2D eigenvalue weighted by Crippen LogP contribution is -2.37. The van der Waals surface area contributed by atoms with E-state index in [4.69, 9.17) is 0 Å². The van der Waals surface area contributed by atoms with Crippen molar-refractivity contribution in [1.82, 2.24) is 14.5 Å². The quantitative estimate of drug-likeness (QED) is 0.627. The number of pyridine rings is 2. The minimum Gasteiger partial charge on any atom is -0.334 e. The zero-order valence-electron chi connectivity index (χ0n) is 17.5. The number of anilines is 1. The molecule has 1 aliphatic rings. The Morgan fingerprint density at radius 1 is 1.00 bits per heavy atom. The van der Waals surface area contributed by atoms with Gasteiger partial charge in [0.15, 0.2) is 0 Å². The highest BCUT2D eigenvalue weighted by Crippen LogP contribution is 2.25. The molecule has 0 unspecified atom stereocenters. The smallest absolute Gasteiger partial charge is 0.228 e. The van der Waals surface area contributed by atoms with Crippen molar-refractivity contribution < 1.29 is 9.59 Å². The van der Waals surface area contributed by atoms with E-state index in [0.717, 1.165) is 53.3 Å². The summed E-state index contributed by atoms with van der Waals surface area (Å²) < 4.78 is 2.12. The van der Waals surface area contributed by atoms with Crippen LogP contribution in [0.5, 0.6) is 0 Å². The Hall–Kier alpha value is -3.28. The van der Waals surface area contributed by atoms with Crippen molar-refractivity contribution in [3.05, 3.63) is 65.7 Å². The lowest BCUT2D eigenvalue weighted by Gasteiger charge is -2.28. The third kappa shape index (κ3) is 4.48. The van der Waals surface area contributed by atoms with Gasteiger partial charge >= 0.3 is 0 Å². The van der Waals surface area contributed by atoms with Crippen molar-refractivity contribution in [2.75, 3.05) is 11.4 Å². The third-order valence-corrected chi connectivity index (χ3v) is 5.38. The number of amides is 1. The maximum absolute atomic E-state index is 12.7. The minimum atomic E-state index is 0.0165. The third-order valence-electron chi connectivity index (χ3n) is 5.38. The van der Waals surface area contributed by atoms with E-state index in [1.165, 1.54) is 0 Å². The van der Waals surface area contributed by atoms with Crippen LogP contribution in [0.25, 0.3) is 11.3 Å². The fourth-order valence-electron chi connectivity index (χ4n) is 3.91. The van der Waals surface area contributed by atoms with Crippen LogP contribution in [0.4, 0.5) is 5.82 Å². The Kier molecular flexibility index (Phi) is 5.74. The van der Waals surface area contributed by atoms with Gasteiger partial charge in [0.25, 0.3) is 0 Å². The zero-order chi connectivity index (χ0) is 21.1. The van der Waals surface area contributed by atoms with Gasteiger partial charge in [0.1, 0.15) is 11.6 Å². The molecule has 6 heteroatoms. The molecule has 0 N–H and O–H groups in total. The Bertz CT molecular complexity index is 1070. The van der Waals surface area contributed by atoms with E-state index in [-0.39, 0.29) is 24.5 Å². The fourth-order valence-corrected chi connectivity index (χ4v) is 3.91. The van der Waals surface area contributed by atoms with Gasteiger partial charge in [-0.25, -0.2) is 0 Å². The number of hydrogen-bond donors (Lipinski definition) is 0. The summed E-state index contributed by atoms with van der Waals surface area (Å²) in [5.41, 5.74) is 4.88. The zero-order valence-corrected chi connectivity index (χ0v) is 17.5. The fraction of sp³-hybridized carbons (Fsp3) is 0.333. The monoisotopic (exact) mass is 402 g/mol. The maximum atomic E-state index is 12.7. The summed E-state index contributed by atoms with van der Waals surface area (Å²) in [6.07, 6.45) is 9.12. The number of nitrogens with zero attached hydrogens (tertiary/aromatic N) is 4. The molecule has 0 atom stereocenters. The molecule has 4 heterocycles. The molecule has 0 saturated heterocycles. The second-order valence-corrected chi connectivity index (χ2v) is 7.99. The molecular weight excluding hydrogens is 376 g/mol. The van der Waals surface area contributed by atoms with Gasteiger partial charge in [0.05, 0.1) is 5.69 Å². The van der Waals surface area contributed by atoms with Crippen molar-refractivity contribution in [1.29, 1.82) is 0 Å². The average molecular weight is 402 g/mol. The molecule has 0 radical (unpaired) electrons. The van der Waals surface area contributed by atoms with E-state index in [1.807, 2.05) is 43.0 Å². The van der Waals surface area contributed by atoms with Crippen LogP contribution in [0.1, 0.15) is 36.0 Å². The van der Waals surface area contributed by atoms with E-state index < -0.39 is 0 Å². The first-order chi connectivity index (χ1) is 14.5. The Morgan fingerprint density at radius 3 is 2.63 bits per heavy atom. The summed E-state index contributed by atoms with van der Waals surface area (Å²) in [6, 6.07) is 7.90. The molecule has 3 aromatic heterocycles. The van der Waals surface area contributed by atoms with Crippen LogP contribution < -0.4 is 4.90 Å². The number of ketones is 1. The minimum absolute atomic E-state index is 0.0165. The van der Waals surface area contributed by atoms with Crippen LogP contribution in [0.15, 0.2) is 49.1 Å².